The summed E-state index contributed by atoms with van der Waals surface area (Å²) >= 11 is 6.49. The second kappa shape index (κ2) is 9.87. The Morgan fingerprint density at radius 1 is 1.17 bits per heavy atom. The molecule has 1 aromatic carbocycles. The van der Waals surface area contributed by atoms with Crippen LogP contribution in [-0.4, -0.2) is 30.8 Å². The van der Waals surface area contributed by atoms with Crippen molar-refractivity contribution in [2.75, 3.05) is 6.61 Å². The molecule has 1 unspecified atom stereocenters. The highest BCUT2D eigenvalue weighted by Gasteiger charge is 2.34. The molecule has 1 aliphatic rings. The van der Waals surface area contributed by atoms with E-state index in [0.29, 0.717) is 46.4 Å². The molecule has 160 valence electrons. The summed E-state index contributed by atoms with van der Waals surface area (Å²) in [5.74, 6) is 0.385. The molecule has 1 atom stereocenters. The number of nitrogens with one attached hydrogen (secondary N) is 2. The van der Waals surface area contributed by atoms with Crippen LogP contribution in [0.15, 0.2) is 23.4 Å². The Balaban J connectivity index is 2.59. The van der Waals surface area contributed by atoms with Crippen LogP contribution in [0.2, 0.25) is 5.02 Å². The third-order valence-electron chi connectivity index (χ3n) is 4.09. The first-order chi connectivity index (χ1) is 13.7. The zero-order valence-corrected chi connectivity index (χ0v) is 18.5. The van der Waals surface area contributed by atoms with Gasteiger partial charge in [-0.1, -0.05) is 18.5 Å². The highest BCUT2D eigenvalue weighted by Crippen LogP contribution is 2.41. The molecule has 0 radical (unpaired) electrons. The average molecular weight is 425 g/mol. The number of halogens is 1. The second-order valence-electron chi connectivity index (χ2n) is 7.16. The molecule has 1 aliphatic heterocycles. The molecule has 1 aromatic rings. The average Bonchev–Trinajstić information content (AvgIpc) is 2.62. The lowest BCUT2D eigenvalue weighted by Gasteiger charge is -2.30. The number of hydrogen-bond donors (Lipinski definition) is 2. The van der Waals surface area contributed by atoms with E-state index in [0.717, 1.165) is 0 Å². The molecule has 0 saturated carbocycles. The van der Waals surface area contributed by atoms with E-state index in [4.69, 9.17) is 25.8 Å². The standard InChI is InChI=1S/C21H29ClN2O5/c1-7-15-17(20(25)29-12(5)6)18(24-21(26)23-15)13-9-14(22)19(28-11(3)4)16(10-13)27-8-2/h9-12,18H,7-8H2,1-6H3,(H2,23,24,26). The van der Waals surface area contributed by atoms with Crippen LogP contribution in [0.4, 0.5) is 4.79 Å². The molecule has 2 amide bonds. The molecule has 0 aliphatic carbocycles. The van der Waals surface area contributed by atoms with Crippen molar-refractivity contribution in [3.05, 3.63) is 34.0 Å². The lowest BCUT2D eigenvalue weighted by molar-refractivity contribution is -0.143. The van der Waals surface area contributed by atoms with Gasteiger partial charge in [0.05, 0.1) is 35.5 Å². The number of carbonyl (C=O) groups is 2. The first kappa shape index (κ1) is 22.9. The smallest absolute Gasteiger partial charge is 0.338 e. The largest absolute Gasteiger partial charge is 0.490 e. The van der Waals surface area contributed by atoms with Gasteiger partial charge in [0, 0.05) is 5.70 Å². The van der Waals surface area contributed by atoms with Gasteiger partial charge in [0.2, 0.25) is 0 Å². The molecular formula is C21H29ClN2O5. The predicted octanol–water partition coefficient (Wildman–Crippen LogP) is 4.50. The fourth-order valence-corrected chi connectivity index (χ4v) is 3.30. The van der Waals surface area contributed by atoms with Crippen molar-refractivity contribution in [2.24, 2.45) is 0 Å². The maximum Gasteiger partial charge on any atom is 0.338 e. The first-order valence-electron chi connectivity index (χ1n) is 9.82. The highest BCUT2D eigenvalue weighted by molar-refractivity contribution is 6.32. The fourth-order valence-electron chi connectivity index (χ4n) is 3.03. The van der Waals surface area contributed by atoms with Gasteiger partial charge in [0.1, 0.15) is 0 Å². The number of amides is 2. The zero-order chi connectivity index (χ0) is 21.7. The van der Waals surface area contributed by atoms with Crippen LogP contribution in [0.5, 0.6) is 11.5 Å². The van der Waals surface area contributed by atoms with Crippen molar-refractivity contribution >= 4 is 23.6 Å². The third-order valence-corrected chi connectivity index (χ3v) is 4.37. The quantitative estimate of drug-likeness (QED) is 0.600. The van der Waals surface area contributed by atoms with Gasteiger partial charge in [-0.2, -0.15) is 0 Å². The van der Waals surface area contributed by atoms with Crippen LogP contribution < -0.4 is 20.1 Å². The van der Waals surface area contributed by atoms with E-state index >= 15 is 0 Å². The monoisotopic (exact) mass is 424 g/mol. The first-order valence-corrected chi connectivity index (χ1v) is 10.2. The van der Waals surface area contributed by atoms with Crippen LogP contribution in [-0.2, 0) is 9.53 Å². The molecular weight excluding hydrogens is 396 g/mol. The number of urea groups is 1. The molecule has 0 spiro atoms. The highest BCUT2D eigenvalue weighted by atomic mass is 35.5. The molecule has 8 heteroatoms. The van der Waals surface area contributed by atoms with Crippen molar-refractivity contribution in [3.8, 4) is 11.5 Å². The van der Waals surface area contributed by atoms with E-state index < -0.39 is 18.0 Å². The Morgan fingerprint density at radius 2 is 1.86 bits per heavy atom. The molecule has 29 heavy (non-hydrogen) atoms. The maximum atomic E-state index is 12.8. The summed E-state index contributed by atoms with van der Waals surface area (Å²) in [6.45, 7) is 11.5. The summed E-state index contributed by atoms with van der Waals surface area (Å²) in [6.07, 6.45) is 0.0719. The summed E-state index contributed by atoms with van der Waals surface area (Å²) in [4.78, 5) is 25.0. The molecule has 0 bridgehead atoms. The number of carbonyl (C=O) groups excluding carboxylic acids is 2. The molecule has 0 fully saturated rings. The Labute approximate surface area is 176 Å². The maximum absolute atomic E-state index is 12.8. The van der Waals surface area contributed by atoms with Gasteiger partial charge in [0.15, 0.2) is 11.5 Å². The summed E-state index contributed by atoms with van der Waals surface area (Å²) in [5.41, 5.74) is 1.46. The fraction of sp³-hybridized carbons (Fsp3) is 0.524. The lowest BCUT2D eigenvalue weighted by Crippen LogP contribution is -2.46. The lowest BCUT2D eigenvalue weighted by atomic mass is 9.94. The van der Waals surface area contributed by atoms with Gasteiger partial charge in [-0.15, -0.1) is 0 Å². The number of esters is 1. The van der Waals surface area contributed by atoms with Crippen LogP contribution in [0.3, 0.4) is 0 Å². The third kappa shape index (κ3) is 5.56. The Hall–Kier alpha value is -2.41. The van der Waals surface area contributed by atoms with E-state index in [2.05, 4.69) is 10.6 Å². The molecule has 7 nitrogen and oxygen atoms in total. The van der Waals surface area contributed by atoms with Crippen LogP contribution >= 0.6 is 11.6 Å². The Kier molecular flexibility index (Phi) is 7.79. The summed E-state index contributed by atoms with van der Waals surface area (Å²) in [6, 6.07) is 2.28. The van der Waals surface area contributed by atoms with E-state index in [-0.39, 0.29) is 12.2 Å². The van der Waals surface area contributed by atoms with Crippen LogP contribution in [0, 0.1) is 0 Å². The number of allylic oxidation sites excluding steroid dienone is 1. The Bertz CT molecular complexity index is 805. The summed E-state index contributed by atoms with van der Waals surface area (Å²) in [7, 11) is 0. The molecule has 1 heterocycles. The summed E-state index contributed by atoms with van der Waals surface area (Å²) in [5, 5.41) is 5.83. The van der Waals surface area contributed by atoms with Crippen molar-refractivity contribution in [3.63, 3.8) is 0 Å². The van der Waals surface area contributed by atoms with Gasteiger partial charge in [0.25, 0.3) is 0 Å². The van der Waals surface area contributed by atoms with Gasteiger partial charge < -0.3 is 24.8 Å². The molecule has 0 aromatic heterocycles. The van der Waals surface area contributed by atoms with E-state index in [1.54, 1.807) is 26.0 Å². The topological polar surface area (TPSA) is 85.9 Å². The minimum absolute atomic E-state index is 0.0979. The minimum atomic E-state index is -0.727. The van der Waals surface area contributed by atoms with Gasteiger partial charge in [-0.05, 0) is 58.7 Å². The SMILES string of the molecule is CCOc1cc(C2NC(=O)NC(CC)=C2C(=O)OC(C)C)cc(Cl)c1OC(C)C. The van der Waals surface area contributed by atoms with E-state index in [1.807, 2.05) is 27.7 Å². The Morgan fingerprint density at radius 3 is 2.41 bits per heavy atom. The second-order valence-corrected chi connectivity index (χ2v) is 7.57. The van der Waals surface area contributed by atoms with Gasteiger partial charge in [-0.3, -0.25) is 0 Å². The molecule has 2 N–H and O–H groups in total. The number of hydrogen-bond acceptors (Lipinski definition) is 5. The molecule has 0 saturated heterocycles. The molecule has 2 rings (SSSR count). The van der Waals surface area contributed by atoms with Gasteiger partial charge >= 0.3 is 12.0 Å². The number of benzene rings is 1. The number of rotatable bonds is 8. The van der Waals surface area contributed by atoms with Crippen molar-refractivity contribution in [2.45, 2.75) is 66.2 Å². The van der Waals surface area contributed by atoms with Gasteiger partial charge in [-0.25, -0.2) is 9.59 Å². The van der Waals surface area contributed by atoms with Crippen molar-refractivity contribution < 1.29 is 23.8 Å². The van der Waals surface area contributed by atoms with Crippen molar-refractivity contribution in [1.29, 1.82) is 0 Å². The number of ether oxygens (including phenoxy) is 3. The van der Waals surface area contributed by atoms with Crippen LogP contribution in [0.1, 0.15) is 59.6 Å². The minimum Gasteiger partial charge on any atom is -0.490 e. The predicted molar refractivity (Wildman–Crippen MR) is 111 cm³/mol. The zero-order valence-electron chi connectivity index (χ0n) is 17.7. The summed E-state index contributed by atoms with van der Waals surface area (Å²) < 4.78 is 16.9. The normalized spacial score (nSPS) is 16.6. The van der Waals surface area contributed by atoms with E-state index in [9.17, 15) is 9.59 Å². The van der Waals surface area contributed by atoms with E-state index in [1.165, 1.54) is 0 Å². The van der Waals surface area contributed by atoms with Crippen LogP contribution in [0.25, 0.3) is 0 Å². The van der Waals surface area contributed by atoms with Crippen molar-refractivity contribution in [1.82, 2.24) is 10.6 Å².